The third kappa shape index (κ3) is 5.13. The van der Waals surface area contributed by atoms with Crippen LogP contribution in [-0.2, 0) is 15.8 Å². The Hall–Kier alpha value is -3.57. The lowest BCUT2D eigenvalue weighted by molar-refractivity contribution is -0.153. The van der Waals surface area contributed by atoms with E-state index in [-0.39, 0.29) is 35.2 Å². The summed E-state index contributed by atoms with van der Waals surface area (Å²) in [6, 6.07) is 1.54. The number of fused-ring (bicyclic) bond motifs is 1. The van der Waals surface area contributed by atoms with E-state index in [0.717, 1.165) is 25.3 Å². The van der Waals surface area contributed by atoms with Crippen LogP contribution >= 0.6 is 0 Å². The number of carboxylic acid groups (broad SMARTS) is 1. The Balaban J connectivity index is 1.72. The second kappa shape index (κ2) is 10.6. The van der Waals surface area contributed by atoms with Crippen LogP contribution in [-0.4, -0.2) is 65.1 Å². The third-order valence-electron chi connectivity index (χ3n) is 9.12. The van der Waals surface area contributed by atoms with Crippen molar-refractivity contribution in [3.8, 4) is 5.88 Å². The number of amides is 1. The standard InChI is InChI=1S/C30H38F3N5O4/c1-29(2,3)21-22(36-19-13-15(30(31,32)33)14-35-26(19)42-6)23(18-11-8-12-34-25(18)37(4)5)38(24(21)28(40)41)27(39)20-16-9-7-10-17(16)20/h8,11-14,16-17,20-24,36H,7,9-10H2,1-6H3,(H,40,41)/t16?,17?,20?,21-,22-,23-,24-/m0/s1. The SMILES string of the molecule is COc1ncc(C(F)(F)F)cc1N[C@H]1[C@H](C(C)(C)C)[C@@H](C(=O)O)N(C(=O)C2C3CCCC32)[C@H]1c1cccnc1N(C)C. The van der Waals surface area contributed by atoms with Crippen LogP contribution in [0.1, 0.15) is 57.2 Å². The van der Waals surface area contributed by atoms with E-state index in [4.69, 9.17) is 4.74 Å². The van der Waals surface area contributed by atoms with Crippen LogP contribution in [0.5, 0.6) is 5.88 Å². The van der Waals surface area contributed by atoms with Crippen molar-refractivity contribution in [2.45, 2.75) is 64.3 Å². The number of carbonyl (C=O) groups is 2. The number of rotatable bonds is 7. The normalized spacial score (nSPS) is 28.8. The Kier molecular flexibility index (Phi) is 7.55. The molecule has 1 aliphatic heterocycles. The monoisotopic (exact) mass is 589 g/mol. The van der Waals surface area contributed by atoms with Gasteiger partial charge in [0.25, 0.3) is 0 Å². The number of carbonyl (C=O) groups excluding carboxylic acids is 1. The summed E-state index contributed by atoms with van der Waals surface area (Å²) in [5.74, 6) is -1.40. The Labute approximate surface area is 243 Å². The minimum Gasteiger partial charge on any atom is -0.480 e. The molecule has 9 nitrogen and oxygen atoms in total. The third-order valence-corrected chi connectivity index (χ3v) is 9.12. The Bertz CT molecular complexity index is 1350. The summed E-state index contributed by atoms with van der Waals surface area (Å²) in [4.78, 5) is 39.2. The van der Waals surface area contributed by atoms with Gasteiger partial charge >= 0.3 is 12.1 Å². The minimum absolute atomic E-state index is 0.0337. The lowest BCUT2D eigenvalue weighted by atomic mass is 9.72. The van der Waals surface area contributed by atoms with Crippen molar-refractivity contribution >= 4 is 23.4 Å². The van der Waals surface area contributed by atoms with Crippen molar-refractivity contribution in [2.24, 2.45) is 29.1 Å². The Morgan fingerprint density at radius 1 is 1.14 bits per heavy atom. The number of aliphatic carboxylic acids is 1. The molecule has 3 aliphatic rings. The zero-order chi connectivity index (χ0) is 30.7. The van der Waals surface area contributed by atoms with E-state index in [1.807, 2.05) is 20.8 Å². The quantitative estimate of drug-likeness (QED) is 0.460. The first-order valence-electron chi connectivity index (χ1n) is 14.2. The van der Waals surface area contributed by atoms with Gasteiger partial charge in [-0.05, 0) is 42.2 Å². The molecule has 2 N–H and O–H groups in total. The number of methoxy groups -OCH3 is 1. The highest BCUT2D eigenvalue weighted by atomic mass is 19.4. The maximum Gasteiger partial charge on any atom is 0.417 e. The fourth-order valence-corrected chi connectivity index (χ4v) is 7.41. The zero-order valence-corrected chi connectivity index (χ0v) is 24.6. The number of alkyl halides is 3. The Morgan fingerprint density at radius 3 is 2.36 bits per heavy atom. The molecule has 0 radical (unpaired) electrons. The van der Waals surface area contributed by atoms with Crippen LogP contribution in [0.25, 0.3) is 0 Å². The van der Waals surface area contributed by atoms with E-state index in [9.17, 15) is 27.9 Å². The Morgan fingerprint density at radius 2 is 1.81 bits per heavy atom. The first-order valence-corrected chi connectivity index (χ1v) is 14.2. The van der Waals surface area contributed by atoms with Gasteiger partial charge in [-0.1, -0.05) is 33.3 Å². The van der Waals surface area contributed by atoms with Crippen molar-refractivity contribution in [2.75, 3.05) is 31.4 Å². The molecule has 5 rings (SSSR count). The average molecular weight is 590 g/mol. The predicted octanol–water partition coefficient (Wildman–Crippen LogP) is 5.10. The molecule has 12 heteroatoms. The number of halogens is 3. The maximum atomic E-state index is 14.4. The van der Waals surface area contributed by atoms with Gasteiger partial charge in [0.1, 0.15) is 11.9 Å². The van der Waals surface area contributed by atoms with Crippen LogP contribution in [0.15, 0.2) is 30.6 Å². The van der Waals surface area contributed by atoms with Crippen molar-refractivity contribution in [1.82, 2.24) is 14.9 Å². The van der Waals surface area contributed by atoms with Crippen LogP contribution in [0.4, 0.5) is 24.7 Å². The molecule has 3 heterocycles. The van der Waals surface area contributed by atoms with Crippen LogP contribution < -0.4 is 15.0 Å². The number of likely N-dealkylation sites (tertiary alicyclic amines) is 1. The van der Waals surface area contributed by atoms with Crippen LogP contribution in [0.2, 0.25) is 0 Å². The lowest BCUT2D eigenvalue weighted by Crippen LogP contribution is -2.48. The summed E-state index contributed by atoms with van der Waals surface area (Å²) >= 11 is 0. The second-order valence-electron chi connectivity index (χ2n) is 12.9. The topological polar surface area (TPSA) is 108 Å². The second-order valence-corrected chi connectivity index (χ2v) is 12.9. The van der Waals surface area contributed by atoms with E-state index < -0.39 is 47.2 Å². The first-order chi connectivity index (χ1) is 19.7. The highest BCUT2D eigenvalue weighted by Gasteiger charge is 2.64. The molecule has 0 aromatic carbocycles. The van der Waals surface area contributed by atoms with Gasteiger partial charge in [-0.25, -0.2) is 14.8 Å². The molecule has 228 valence electrons. The number of nitrogens with zero attached hydrogens (tertiary/aromatic N) is 4. The molecule has 2 aromatic rings. The van der Waals surface area contributed by atoms with Gasteiger partial charge < -0.3 is 25.0 Å². The molecule has 0 spiro atoms. The first kappa shape index (κ1) is 29.9. The van der Waals surface area contributed by atoms with Gasteiger partial charge in [0, 0.05) is 43.9 Å². The molecule has 2 aromatic heterocycles. The molecule has 42 heavy (non-hydrogen) atoms. The van der Waals surface area contributed by atoms with Gasteiger partial charge in [-0.3, -0.25) is 4.79 Å². The summed E-state index contributed by atoms with van der Waals surface area (Å²) in [6.45, 7) is 5.66. The van der Waals surface area contributed by atoms with E-state index in [1.54, 1.807) is 37.3 Å². The molecule has 1 saturated heterocycles. The van der Waals surface area contributed by atoms with Crippen molar-refractivity contribution in [3.63, 3.8) is 0 Å². The van der Waals surface area contributed by atoms with Gasteiger partial charge in [0.05, 0.1) is 30.4 Å². The number of anilines is 2. The molecule has 0 bridgehead atoms. The average Bonchev–Trinajstić information content (AvgIpc) is 3.22. The summed E-state index contributed by atoms with van der Waals surface area (Å²) in [7, 11) is 4.91. The van der Waals surface area contributed by atoms with Crippen LogP contribution in [0.3, 0.4) is 0 Å². The molecule has 3 fully saturated rings. The fraction of sp³-hybridized carbons (Fsp3) is 0.600. The van der Waals surface area contributed by atoms with Gasteiger partial charge in [-0.15, -0.1) is 0 Å². The molecular weight excluding hydrogens is 551 g/mol. The minimum atomic E-state index is -4.66. The lowest BCUT2D eigenvalue weighted by Gasteiger charge is -2.36. The van der Waals surface area contributed by atoms with E-state index in [0.29, 0.717) is 17.6 Å². The van der Waals surface area contributed by atoms with Gasteiger partial charge in [0.2, 0.25) is 11.8 Å². The number of nitrogens with one attached hydrogen (secondary N) is 1. The number of ether oxygens (including phenoxy) is 1. The number of aromatic nitrogens is 2. The fourth-order valence-electron chi connectivity index (χ4n) is 7.41. The van der Waals surface area contributed by atoms with Gasteiger partial charge in [0.15, 0.2) is 0 Å². The number of hydrogen-bond donors (Lipinski definition) is 2. The van der Waals surface area contributed by atoms with Crippen molar-refractivity contribution in [1.29, 1.82) is 0 Å². The predicted molar refractivity (Wildman–Crippen MR) is 150 cm³/mol. The summed E-state index contributed by atoms with van der Waals surface area (Å²) < 4.78 is 46.6. The summed E-state index contributed by atoms with van der Waals surface area (Å²) in [5, 5.41) is 13.9. The largest absolute Gasteiger partial charge is 0.480 e. The number of hydrogen-bond acceptors (Lipinski definition) is 7. The molecule has 2 unspecified atom stereocenters. The van der Waals surface area contributed by atoms with Crippen LogP contribution in [0, 0.1) is 29.1 Å². The van der Waals surface area contributed by atoms with E-state index >= 15 is 0 Å². The molecule has 2 saturated carbocycles. The van der Waals surface area contributed by atoms with E-state index in [1.165, 1.54) is 12.0 Å². The summed E-state index contributed by atoms with van der Waals surface area (Å²) in [6.07, 6.45) is 0.573. The smallest absolute Gasteiger partial charge is 0.417 e. The summed E-state index contributed by atoms with van der Waals surface area (Å²) in [5.41, 5.74) is -1.09. The highest BCUT2D eigenvalue weighted by Crippen LogP contribution is 2.60. The van der Waals surface area contributed by atoms with E-state index in [2.05, 4.69) is 15.3 Å². The number of pyridine rings is 2. The van der Waals surface area contributed by atoms with Crippen molar-refractivity contribution < 1.29 is 32.6 Å². The molecular formula is C30H38F3N5O4. The molecule has 2 aliphatic carbocycles. The molecule has 6 atom stereocenters. The van der Waals surface area contributed by atoms with Crippen molar-refractivity contribution in [3.05, 3.63) is 41.7 Å². The molecule has 1 amide bonds. The number of carboxylic acids is 1. The highest BCUT2D eigenvalue weighted by molar-refractivity contribution is 5.89. The maximum absolute atomic E-state index is 14.4. The van der Waals surface area contributed by atoms with Gasteiger partial charge in [-0.2, -0.15) is 13.2 Å². The zero-order valence-electron chi connectivity index (χ0n) is 24.6.